The molecule has 158 valence electrons. The lowest BCUT2D eigenvalue weighted by molar-refractivity contribution is -0.120. The van der Waals surface area contributed by atoms with Crippen molar-refractivity contribution in [1.82, 2.24) is 5.32 Å². The van der Waals surface area contributed by atoms with E-state index < -0.39 is 5.92 Å². The van der Waals surface area contributed by atoms with Crippen LogP contribution in [0.15, 0.2) is 115 Å². The summed E-state index contributed by atoms with van der Waals surface area (Å²) in [6.07, 6.45) is 0. The lowest BCUT2D eigenvalue weighted by Crippen LogP contribution is -2.37. The molecule has 0 fully saturated rings. The molecule has 3 N–H and O–H groups in total. The molecule has 0 saturated heterocycles. The second-order valence-electron chi connectivity index (χ2n) is 7.27. The molecule has 0 spiro atoms. The number of hydrogen-bond acceptors (Lipinski definition) is 3. The molecular formula is C27H23N3OS. The first-order chi connectivity index (χ1) is 15.7. The predicted octanol–water partition coefficient (Wildman–Crippen LogP) is 6.08. The van der Waals surface area contributed by atoms with E-state index in [-0.39, 0.29) is 11.0 Å². The van der Waals surface area contributed by atoms with Crippen molar-refractivity contribution in [2.75, 3.05) is 10.6 Å². The van der Waals surface area contributed by atoms with Crippen LogP contribution < -0.4 is 16.0 Å². The van der Waals surface area contributed by atoms with E-state index in [0.717, 1.165) is 28.2 Å². The van der Waals surface area contributed by atoms with Gasteiger partial charge in [-0.05, 0) is 59.7 Å². The summed E-state index contributed by atoms with van der Waals surface area (Å²) in [5.41, 5.74) is 4.60. The standard InChI is InChI=1S/C27H23N3OS/c31-26(25(20-10-4-1-5-11-20)21-12-6-2-7-13-21)30-27(32)29-24-18-16-23(17-19-24)28-22-14-8-3-9-15-22/h1-19,25,28H,(H2,29,30,31,32). The number of nitrogens with one attached hydrogen (secondary N) is 3. The monoisotopic (exact) mass is 437 g/mol. The van der Waals surface area contributed by atoms with Gasteiger partial charge in [0.05, 0.1) is 5.92 Å². The third kappa shape index (κ3) is 5.59. The number of carbonyl (C=O) groups is 1. The van der Waals surface area contributed by atoms with Crippen LogP contribution in [0, 0.1) is 0 Å². The van der Waals surface area contributed by atoms with E-state index in [1.54, 1.807) is 0 Å². The zero-order chi connectivity index (χ0) is 22.2. The van der Waals surface area contributed by atoms with E-state index in [1.165, 1.54) is 0 Å². The number of anilines is 3. The number of hydrogen-bond donors (Lipinski definition) is 3. The predicted molar refractivity (Wildman–Crippen MR) is 135 cm³/mol. The Balaban J connectivity index is 1.41. The lowest BCUT2D eigenvalue weighted by atomic mass is 9.90. The van der Waals surface area contributed by atoms with Gasteiger partial charge in [-0.25, -0.2) is 0 Å². The number of thiocarbonyl (C=S) groups is 1. The van der Waals surface area contributed by atoms with E-state index in [4.69, 9.17) is 12.2 Å². The molecule has 0 saturated carbocycles. The second-order valence-corrected chi connectivity index (χ2v) is 7.67. The van der Waals surface area contributed by atoms with E-state index in [9.17, 15) is 4.79 Å². The van der Waals surface area contributed by atoms with Crippen molar-refractivity contribution < 1.29 is 4.79 Å². The molecule has 0 aliphatic rings. The maximum atomic E-state index is 13.2. The molecule has 4 aromatic rings. The molecule has 0 aromatic heterocycles. The van der Waals surface area contributed by atoms with Crippen LogP contribution in [0.2, 0.25) is 0 Å². The van der Waals surface area contributed by atoms with Gasteiger partial charge in [0.2, 0.25) is 5.91 Å². The van der Waals surface area contributed by atoms with Crippen molar-refractivity contribution in [2.45, 2.75) is 5.92 Å². The number of para-hydroxylation sites is 1. The Morgan fingerprint density at radius 3 is 1.56 bits per heavy atom. The SMILES string of the molecule is O=C(NC(=S)Nc1ccc(Nc2ccccc2)cc1)C(c1ccccc1)c1ccccc1. The van der Waals surface area contributed by atoms with Crippen LogP contribution in [-0.2, 0) is 4.79 Å². The molecule has 4 nitrogen and oxygen atoms in total. The summed E-state index contributed by atoms with van der Waals surface area (Å²) >= 11 is 5.41. The van der Waals surface area contributed by atoms with E-state index >= 15 is 0 Å². The third-order valence-electron chi connectivity index (χ3n) is 4.97. The fourth-order valence-corrected chi connectivity index (χ4v) is 3.68. The molecule has 0 heterocycles. The number of rotatable bonds is 6. The van der Waals surface area contributed by atoms with Gasteiger partial charge in [0.1, 0.15) is 0 Å². The van der Waals surface area contributed by atoms with Gasteiger partial charge in [-0.15, -0.1) is 0 Å². The van der Waals surface area contributed by atoms with Crippen LogP contribution in [0.25, 0.3) is 0 Å². The Bertz CT molecular complexity index is 1120. The minimum absolute atomic E-state index is 0.178. The van der Waals surface area contributed by atoms with Gasteiger partial charge in [-0.2, -0.15) is 0 Å². The highest BCUT2D eigenvalue weighted by atomic mass is 32.1. The van der Waals surface area contributed by atoms with Gasteiger partial charge < -0.3 is 16.0 Å². The summed E-state index contributed by atoms with van der Waals surface area (Å²) in [5.74, 6) is -0.628. The molecule has 0 unspecified atom stereocenters. The highest BCUT2D eigenvalue weighted by Crippen LogP contribution is 2.25. The summed E-state index contributed by atoms with van der Waals surface area (Å²) in [6.45, 7) is 0. The normalized spacial score (nSPS) is 10.4. The van der Waals surface area contributed by atoms with Crippen molar-refractivity contribution >= 4 is 40.3 Å². The summed E-state index contributed by atoms with van der Waals surface area (Å²) in [5, 5.41) is 9.54. The molecule has 0 aliphatic heterocycles. The molecular weight excluding hydrogens is 414 g/mol. The quantitative estimate of drug-likeness (QED) is 0.320. The maximum Gasteiger partial charge on any atom is 0.238 e. The minimum atomic E-state index is -0.449. The minimum Gasteiger partial charge on any atom is -0.356 e. The Labute approximate surface area is 193 Å². The Hall–Kier alpha value is -3.96. The zero-order valence-electron chi connectivity index (χ0n) is 17.4. The molecule has 0 radical (unpaired) electrons. The van der Waals surface area contributed by atoms with Gasteiger partial charge in [-0.3, -0.25) is 4.79 Å². The summed E-state index contributed by atoms with van der Waals surface area (Å²) in [6, 6.07) is 37.1. The van der Waals surface area contributed by atoms with Crippen molar-refractivity contribution in [3.63, 3.8) is 0 Å². The first-order valence-corrected chi connectivity index (χ1v) is 10.7. The molecule has 4 aromatic carbocycles. The van der Waals surface area contributed by atoms with Crippen LogP contribution >= 0.6 is 12.2 Å². The maximum absolute atomic E-state index is 13.2. The Morgan fingerprint density at radius 1 is 0.594 bits per heavy atom. The highest BCUT2D eigenvalue weighted by Gasteiger charge is 2.23. The third-order valence-corrected chi connectivity index (χ3v) is 5.17. The fraction of sp³-hybridized carbons (Fsp3) is 0.0370. The largest absolute Gasteiger partial charge is 0.356 e. The summed E-state index contributed by atoms with van der Waals surface area (Å²) < 4.78 is 0. The molecule has 5 heteroatoms. The van der Waals surface area contributed by atoms with Crippen LogP contribution in [0.3, 0.4) is 0 Å². The first kappa shape index (κ1) is 21.3. The smallest absolute Gasteiger partial charge is 0.238 e. The van der Waals surface area contributed by atoms with E-state index in [1.807, 2.05) is 115 Å². The van der Waals surface area contributed by atoms with Crippen molar-refractivity contribution in [2.24, 2.45) is 0 Å². The highest BCUT2D eigenvalue weighted by molar-refractivity contribution is 7.80. The molecule has 0 atom stereocenters. The molecule has 32 heavy (non-hydrogen) atoms. The first-order valence-electron chi connectivity index (χ1n) is 10.3. The topological polar surface area (TPSA) is 53.2 Å². The molecule has 0 bridgehead atoms. The van der Waals surface area contributed by atoms with E-state index in [2.05, 4.69) is 16.0 Å². The van der Waals surface area contributed by atoms with Gasteiger partial charge in [0.25, 0.3) is 0 Å². The van der Waals surface area contributed by atoms with E-state index in [0.29, 0.717) is 0 Å². The second kappa shape index (κ2) is 10.4. The number of carbonyl (C=O) groups excluding carboxylic acids is 1. The lowest BCUT2D eigenvalue weighted by Gasteiger charge is -2.19. The Kier molecular flexibility index (Phi) is 6.90. The number of amides is 1. The van der Waals surface area contributed by atoms with Crippen LogP contribution in [0.1, 0.15) is 17.0 Å². The zero-order valence-corrected chi connectivity index (χ0v) is 18.2. The summed E-state index contributed by atoms with van der Waals surface area (Å²) in [7, 11) is 0. The van der Waals surface area contributed by atoms with Gasteiger partial charge >= 0.3 is 0 Å². The molecule has 0 aliphatic carbocycles. The summed E-state index contributed by atoms with van der Waals surface area (Å²) in [4.78, 5) is 13.2. The Morgan fingerprint density at radius 2 is 1.03 bits per heavy atom. The van der Waals surface area contributed by atoms with Gasteiger partial charge in [0.15, 0.2) is 5.11 Å². The average Bonchev–Trinajstić information content (AvgIpc) is 2.82. The van der Waals surface area contributed by atoms with Crippen molar-refractivity contribution in [1.29, 1.82) is 0 Å². The van der Waals surface area contributed by atoms with Crippen LogP contribution in [0.5, 0.6) is 0 Å². The fourth-order valence-electron chi connectivity index (χ4n) is 3.46. The molecule has 1 amide bonds. The van der Waals surface area contributed by atoms with Gasteiger partial charge in [0, 0.05) is 17.1 Å². The molecule has 4 rings (SSSR count). The van der Waals surface area contributed by atoms with Crippen molar-refractivity contribution in [3.8, 4) is 0 Å². The van der Waals surface area contributed by atoms with Crippen LogP contribution in [-0.4, -0.2) is 11.0 Å². The number of benzene rings is 4. The van der Waals surface area contributed by atoms with Gasteiger partial charge in [-0.1, -0.05) is 78.9 Å². The van der Waals surface area contributed by atoms with Crippen molar-refractivity contribution in [3.05, 3.63) is 126 Å². The average molecular weight is 438 g/mol. The van der Waals surface area contributed by atoms with Crippen LogP contribution in [0.4, 0.5) is 17.1 Å².